The summed E-state index contributed by atoms with van der Waals surface area (Å²) in [6, 6.07) is 5.76. The van der Waals surface area contributed by atoms with Crippen LogP contribution >= 0.6 is 12.4 Å². The largest absolute Gasteiger partial charge is 0.337 e. The molecule has 1 unspecified atom stereocenters. The minimum Gasteiger partial charge on any atom is -0.337 e. The maximum Gasteiger partial charge on any atom is 0.243 e. The van der Waals surface area contributed by atoms with Crippen LogP contribution in [0.3, 0.4) is 0 Å². The molecule has 4 nitrogen and oxygen atoms in total. The predicted molar refractivity (Wildman–Crippen MR) is 64.2 cm³/mol. The summed E-state index contributed by atoms with van der Waals surface area (Å²) in [7, 11) is 0. The molecule has 0 radical (unpaired) electrons. The molecule has 0 aliphatic rings. The molecule has 0 saturated carbocycles. The van der Waals surface area contributed by atoms with Crippen molar-refractivity contribution in [1.82, 2.24) is 10.1 Å². The molecule has 0 aliphatic carbocycles. The first-order chi connectivity index (χ1) is 7.70. The Morgan fingerprint density at radius 1 is 1.47 bits per heavy atom. The van der Waals surface area contributed by atoms with Gasteiger partial charge in [-0.15, -0.1) is 12.4 Å². The molecule has 92 valence electrons. The average molecular weight is 258 g/mol. The van der Waals surface area contributed by atoms with Crippen LogP contribution in [0.15, 0.2) is 28.8 Å². The first-order valence-corrected chi connectivity index (χ1v) is 5.06. The smallest absolute Gasteiger partial charge is 0.243 e. The van der Waals surface area contributed by atoms with E-state index >= 15 is 0 Å². The molecule has 1 heterocycles. The minimum atomic E-state index is -0.330. The highest BCUT2D eigenvalue weighted by Crippen LogP contribution is 2.19. The predicted octanol–water partition coefficient (Wildman–Crippen LogP) is 2.71. The zero-order valence-electron chi connectivity index (χ0n) is 9.26. The standard InChI is InChI=1S/C11H12FN3O.ClH/c1-2-9(13)11-14-10(15-16-11)7-4-3-5-8(12)6-7;/h3-6,9H,2,13H2,1H3;1H. The first kappa shape index (κ1) is 13.6. The minimum absolute atomic E-state index is 0. The van der Waals surface area contributed by atoms with Crippen LogP contribution in [-0.4, -0.2) is 10.1 Å². The lowest BCUT2D eigenvalue weighted by Crippen LogP contribution is -2.08. The third-order valence-electron chi connectivity index (χ3n) is 2.28. The van der Waals surface area contributed by atoms with Crippen molar-refractivity contribution in [3.63, 3.8) is 0 Å². The molecule has 0 aliphatic heterocycles. The highest BCUT2D eigenvalue weighted by Gasteiger charge is 2.13. The van der Waals surface area contributed by atoms with Crippen molar-refractivity contribution >= 4 is 12.4 Å². The lowest BCUT2D eigenvalue weighted by Gasteiger charge is -1.99. The number of hydrogen-bond donors (Lipinski definition) is 1. The van der Waals surface area contributed by atoms with Crippen LogP contribution in [0.1, 0.15) is 25.3 Å². The maximum atomic E-state index is 13.0. The van der Waals surface area contributed by atoms with E-state index in [0.717, 1.165) is 0 Å². The van der Waals surface area contributed by atoms with E-state index in [1.165, 1.54) is 12.1 Å². The van der Waals surface area contributed by atoms with Crippen LogP contribution in [0, 0.1) is 5.82 Å². The Bertz CT molecular complexity index is 489. The number of halogens is 2. The molecule has 1 atom stereocenters. The van der Waals surface area contributed by atoms with E-state index < -0.39 is 0 Å². The van der Waals surface area contributed by atoms with E-state index in [4.69, 9.17) is 10.3 Å². The van der Waals surface area contributed by atoms with Crippen molar-refractivity contribution in [2.75, 3.05) is 0 Å². The summed E-state index contributed by atoms with van der Waals surface area (Å²) in [4.78, 5) is 4.12. The van der Waals surface area contributed by atoms with Gasteiger partial charge in [0.2, 0.25) is 11.7 Å². The van der Waals surface area contributed by atoms with E-state index in [1.807, 2.05) is 6.92 Å². The summed E-state index contributed by atoms with van der Waals surface area (Å²) in [5.41, 5.74) is 6.33. The van der Waals surface area contributed by atoms with Crippen LogP contribution in [0.2, 0.25) is 0 Å². The fraction of sp³-hybridized carbons (Fsp3) is 0.273. The van der Waals surface area contributed by atoms with Gasteiger partial charge in [-0.05, 0) is 18.6 Å². The molecule has 1 aromatic heterocycles. The van der Waals surface area contributed by atoms with Crippen molar-refractivity contribution < 1.29 is 8.91 Å². The number of nitrogens with zero attached hydrogens (tertiary/aromatic N) is 2. The topological polar surface area (TPSA) is 64.9 Å². The van der Waals surface area contributed by atoms with E-state index in [0.29, 0.717) is 23.7 Å². The van der Waals surface area contributed by atoms with Gasteiger partial charge in [0, 0.05) is 5.56 Å². The summed E-state index contributed by atoms with van der Waals surface area (Å²) in [6.07, 6.45) is 0.713. The quantitative estimate of drug-likeness (QED) is 0.918. The molecule has 0 amide bonds. The fourth-order valence-electron chi connectivity index (χ4n) is 1.31. The van der Waals surface area contributed by atoms with Gasteiger partial charge in [-0.2, -0.15) is 4.98 Å². The molecular weight excluding hydrogens is 245 g/mol. The van der Waals surface area contributed by atoms with Crippen LogP contribution in [0.25, 0.3) is 11.4 Å². The van der Waals surface area contributed by atoms with Gasteiger partial charge in [0.05, 0.1) is 6.04 Å². The molecule has 2 aromatic rings. The second-order valence-corrected chi connectivity index (χ2v) is 3.48. The molecule has 2 N–H and O–H groups in total. The maximum absolute atomic E-state index is 13.0. The number of hydrogen-bond acceptors (Lipinski definition) is 4. The Balaban J connectivity index is 0.00000144. The molecule has 6 heteroatoms. The molecular formula is C11H13ClFN3O. The van der Waals surface area contributed by atoms with E-state index in [1.54, 1.807) is 12.1 Å². The van der Waals surface area contributed by atoms with E-state index in [-0.39, 0.29) is 24.3 Å². The van der Waals surface area contributed by atoms with Crippen molar-refractivity contribution in [1.29, 1.82) is 0 Å². The van der Waals surface area contributed by atoms with E-state index in [9.17, 15) is 4.39 Å². The van der Waals surface area contributed by atoms with Gasteiger partial charge in [-0.1, -0.05) is 24.2 Å². The number of nitrogens with two attached hydrogens (primary N) is 1. The second-order valence-electron chi connectivity index (χ2n) is 3.48. The van der Waals surface area contributed by atoms with Gasteiger partial charge >= 0.3 is 0 Å². The molecule has 0 saturated heterocycles. The van der Waals surface area contributed by atoms with Crippen LogP contribution < -0.4 is 5.73 Å². The molecule has 2 rings (SSSR count). The average Bonchev–Trinajstić information content (AvgIpc) is 2.77. The number of benzene rings is 1. The van der Waals surface area contributed by atoms with Crippen molar-refractivity contribution in [3.05, 3.63) is 36.0 Å². The van der Waals surface area contributed by atoms with Crippen LogP contribution in [0.5, 0.6) is 0 Å². The summed E-state index contributed by atoms with van der Waals surface area (Å²) in [5, 5.41) is 3.76. The van der Waals surface area contributed by atoms with Crippen molar-refractivity contribution in [2.45, 2.75) is 19.4 Å². The number of aromatic nitrogens is 2. The van der Waals surface area contributed by atoms with E-state index in [2.05, 4.69) is 10.1 Å². The highest BCUT2D eigenvalue weighted by molar-refractivity contribution is 5.85. The Labute approximate surface area is 104 Å². The fourth-order valence-corrected chi connectivity index (χ4v) is 1.31. The first-order valence-electron chi connectivity index (χ1n) is 5.06. The Morgan fingerprint density at radius 2 is 2.24 bits per heavy atom. The van der Waals surface area contributed by atoms with Crippen molar-refractivity contribution in [2.24, 2.45) is 5.73 Å². The SMILES string of the molecule is CCC(N)c1nc(-c2cccc(F)c2)no1.Cl. The van der Waals surface area contributed by atoms with Gasteiger partial charge in [0.15, 0.2) is 0 Å². The number of rotatable bonds is 3. The normalized spacial score (nSPS) is 11.9. The second kappa shape index (κ2) is 5.75. The third kappa shape index (κ3) is 3.01. The Hall–Kier alpha value is -1.46. The van der Waals surface area contributed by atoms with Gasteiger partial charge in [0.25, 0.3) is 0 Å². The Morgan fingerprint density at radius 3 is 2.88 bits per heavy atom. The Kier molecular flexibility index (Phi) is 4.60. The summed E-state index contributed by atoms with van der Waals surface area (Å²) < 4.78 is 18.0. The third-order valence-corrected chi connectivity index (χ3v) is 2.28. The molecule has 0 bridgehead atoms. The zero-order chi connectivity index (χ0) is 11.5. The van der Waals surface area contributed by atoms with Gasteiger partial charge in [-0.25, -0.2) is 4.39 Å². The summed E-state index contributed by atoms with van der Waals surface area (Å²) in [6.45, 7) is 1.93. The zero-order valence-corrected chi connectivity index (χ0v) is 10.1. The van der Waals surface area contributed by atoms with Gasteiger partial charge in [0.1, 0.15) is 5.82 Å². The molecule has 1 aromatic carbocycles. The lowest BCUT2D eigenvalue weighted by molar-refractivity contribution is 0.352. The van der Waals surface area contributed by atoms with Crippen molar-refractivity contribution in [3.8, 4) is 11.4 Å². The van der Waals surface area contributed by atoms with Gasteiger partial charge in [-0.3, -0.25) is 0 Å². The summed E-state index contributed by atoms with van der Waals surface area (Å²) in [5.74, 6) is 0.406. The summed E-state index contributed by atoms with van der Waals surface area (Å²) >= 11 is 0. The monoisotopic (exact) mass is 257 g/mol. The molecule has 0 spiro atoms. The molecule has 17 heavy (non-hydrogen) atoms. The van der Waals surface area contributed by atoms with Crippen LogP contribution in [0.4, 0.5) is 4.39 Å². The van der Waals surface area contributed by atoms with Gasteiger partial charge < -0.3 is 10.3 Å². The lowest BCUT2D eigenvalue weighted by atomic mass is 10.2. The molecule has 0 fully saturated rings. The highest BCUT2D eigenvalue weighted by atomic mass is 35.5. The van der Waals surface area contributed by atoms with Crippen LogP contribution in [-0.2, 0) is 0 Å².